The quantitative estimate of drug-likeness (QED) is 0.477. The number of para-hydroxylation sites is 1. The lowest BCUT2D eigenvalue weighted by atomic mass is 10.1. The zero-order valence-electron chi connectivity index (χ0n) is 15.6. The van der Waals surface area contributed by atoms with E-state index in [0.29, 0.717) is 12.4 Å². The Hall–Kier alpha value is -3.44. The Balaban J connectivity index is 1.63. The minimum atomic E-state index is -0.720. The average Bonchev–Trinajstić information content (AvgIpc) is 2.75. The van der Waals surface area contributed by atoms with E-state index in [0.717, 1.165) is 16.7 Å². The Morgan fingerprint density at radius 3 is 2.32 bits per heavy atom. The third-order valence-electron chi connectivity index (χ3n) is 4.11. The van der Waals surface area contributed by atoms with Crippen molar-refractivity contribution in [1.82, 2.24) is 5.43 Å². The van der Waals surface area contributed by atoms with Crippen molar-refractivity contribution < 1.29 is 14.3 Å². The van der Waals surface area contributed by atoms with E-state index < -0.39 is 6.10 Å². The Labute approximate surface area is 164 Å². The fraction of sp³-hybridized carbons (Fsp3) is 0.130. The van der Waals surface area contributed by atoms with Gasteiger partial charge in [0.1, 0.15) is 12.4 Å². The summed E-state index contributed by atoms with van der Waals surface area (Å²) >= 11 is 0. The van der Waals surface area contributed by atoms with Gasteiger partial charge >= 0.3 is 0 Å². The molecule has 3 aromatic rings. The molecule has 1 N–H and O–H groups in total. The molecule has 0 fully saturated rings. The summed E-state index contributed by atoms with van der Waals surface area (Å²) in [5.41, 5.74) is 5.15. The molecule has 5 heteroatoms. The molecular formula is C23H22N2O3. The van der Waals surface area contributed by atoms with Crippen molar-refractivity contribution in [3.8, 4) is 5.75 Å². The van der Waals surface area contributed by atoms with Crippen LogP contribution in [0.5, 0.6) is 5.75 Å². The van der Waals surface area contributed by atoms with Crippen LogP contribution >= 0.6 is 0 Å². The summed E-state index contributed by atoms with van der Waals surface area (Å²) in [7, 11) is 1.49. The van der Waals surface area contributed by atoms with Crippen LogP contribution in [-0.2, 0) is 16.1 Å². The van der Waals surface area contributed by atoms with Gasteiger partial charge in [0.05, 0.1) is 6.21 Å². The molecular weight excluding hydrogens is 352 g/mol. The first-order chi connectivity index (χ1) is 13.8. The first-order valence-corrected chi connectivity index (χ1v) is 8.94. The molecule has 3 aromatic carbocycles. The van der Waals surface area contributed by atoms with Gasteiger partial charge in [-0.2, -0.15) is 5.10 Å². The zero-order chi connectivity index (χ0) is 19.6. The van der Waals surface area contributed by atoms with Crippen LogP contribution in [0, 0.1) is 0 Å². The molecule has 1 amide bonds. The second-order valence-electron chi connectivity index (χ2n) is 6.07. The van der Waals surface area contributed by atoms with E-state index in [4.69, 9.17) is 9.47 Å². The monoisotopic (exact) mass is 374 g/mol. The van der Waals surface area contributed by atoms with E-state index in [1.807, 2.05) is 84.9 Å². The number of nitrogens with zero attached hydrogens (tertiary/aromatic N) is 1. The fourth-order valence-corrected chi connectivity index (χ4v) is 2.70. The first-order valence-electron chi connectivity index (χ1n) is 8.94. The van der Waals surface area contributed by atoms with Crippen LogP contribution < -0.4 is 10.2 Å². The third-order valence-corrected chi connectivity index (χ3v) is 4.11. The van der Waals surface area contributed by atoms with Gasteiger partial charge in [-0.1, -0.05) is 72.8 Å². The number of benzene rings is 3. The van der Waals surface area contributed by atoms with Crippen LogP contribution in [0.25, 0.3) is 0 Å². The van der Waals surface area contributed by atoms with Crippen LogP contribution in [0.2, 0.25) is 0 Å². The Kier molecular flexibility index (Phi) is 6.93. The van der Waals surface area contributed by atoms with Gasteiger partial charge in [-0.3, -0.25) is 4.79 Å². The van der Waals surface area contributed by atoms with Crippen molar-refractivity contribution >= 4 is 12.1 Å². The lowest BCUT2D eigenvalue weighted by Gasteiger charge is -2.13. The highest BCUT2D eigenvalue weighted by atomic mass is 16.5. The Morgan fingerprint density at radius 2 is 1.61 bits per heavy atom. The molecule has 1 unspecified atom stereocenters. The molecule has 0 heterocycles. The minimum absolute atomic E-state index is 0.340. The topological polar surface area (TPSA) is 59.9 Å². The van der Waals surface area contributed by atoms with Gasteiger partial charge in [0.25, 0.3) is 5.91 Å². The van der Waals surface area contributed by atoms with Gasteiger partial charge in [-0.25, -0.2) is 5.43 Å². The minimum Gasteiger partial charge on any atom is -0.488 e. The van der Waals surface area contributed by atoms with Gasteiger partial charge in [0.2, 0.25) is 0 Å². The zero-order valence-corrected chi connectivity index (χ0v) is 15.6. The molecule has 28 heavy (non-hydrogen) atoms. The van der Waals surface area contributed by atoms with Crippen molar-refractivity contribution in [3.63, 3.8) is 0 Å². The molecule has 0 aliphatic carbocycles. The highest BCUT2D eigenvalue weighted by Gasteiger charge is 2.19. The number of hydrazone groups is 1. The number of hydrogen-bond donors (Lipinski definition) is 1. The molecule has 1 atom stereocenters. The highest BCUT2D eigenvalue weighted by molar-refractivity contribution is 5.86. The average molecular weight is 374 g/mol. The van der Waals surface area contributed by atoms with Crippen LogP contribution in [0.15, 0.2) is 90.0 Å². The molecule has 0 aliphatic heterocycles. The maximum absolute atomic E-state index is 12.4. The van der Waals surface area contributed by atoms with Crippen LogP contribution in [0.3, 0.4) is 0 Å². The van der Waals surface area contributed by atoms with E-state index in [-0.39, 0.29) is 5.91 Å². The lowest BCUT2D eigenvalue weighted by molar-refractivity contribution is -0.131. The fourth-order valence-electron chi connectivity index (χ4n) is 2.70. The van der Waals surface area contributed by atoms with E-state index in [1.54, 1.807) is 6.21 Å². The number of carbonyl (C=O) groups is 1. The lowest BCUT2D eigenvalue weighted by Crippen LogP contribution is -2.26. The number of nitrogens with one attached hydrogen (secondary N) is 1. The summed E-state index contributed by atoms with van der Waals surface area (Å²) in [5.74, 6) is 0.350. The van der Waals surface area contributed by atoms with Crippen molar-refractivity contribution in [2.75, 3.05) is 7.11 Å². The number of ether oxygens (including phenoxy) is 2. The van der Waals surface area contributed by atoms with Gasteiger partial charge in [0.15, 0.2) is 6.10 Å². The normalized spacial score (nSPS) is 11.9. The maximum Gasteiger partial charge on any atom is 0.273 e. The predicted molar refractivity (Wildman–Crippen MR) is 109 cm³/mol. The second-order valence-corrected chi connectivity index (χ2v) is 6.07. The molecule has 0 saturated carbocycles. The van der Waals surface area contributed by atoms with Crippen LogP contribution in [0.4, 0.5) is 0 Å². The molecule has 0 aromatic heterocycles. The van der Waals surface area contributed by atoms with Crippen molar-refractivity contribution in [2.45, 2.75) is 12.7 Å². The highest BCUT2D eigenvalue weighted by Crippen LogP contribution is 2.18. The molecule has 142 valence electrons. The van der Waals surface area contributed by atoms with Crippen LogP contribution in [-0.4, -0.2) is 19.2 Å². The molecule has 0 radical (unpaired) electrons. The van der Waals surface area contributed by atoms with E-state index in [9.17, 15) is 4.79 Å². The van der Waals surface area contributed by atoms with E-state index in [2.05, 4.69) is 10.5 Å². The number of amides is 1. The number of rotatable bonds is 8. The van der Waals surface area contributed by atoms with E-state index >= 15 is 0 Å². The van der Waals surface area contributed by atoms with Crippen LogP contribution in [0.1, 0.15) is 22.8 Å². The molecule has 0 bridgehead atoms. The van der Waals surface area contributed by atoms with Crippen molar-refractivity contribution in [2.24, 2.45) is 5.10 Å². The Morgan fingerprint density at radius 1 is 0.964 bits per heavy atom. The standard InChI is InChI=1S/C23H22N2O3/c1-27-22(19-12-6-3-7-13-19)23(26)25-24-16-20-14-8-9-15-21(20)28-17-18-10-4-2-5-11-18/h2-16,22H,17H2,1H3,(H,25,26). The van der Waals surface area contributed by atoms with Crippen molar-refractivity contribution in [3.05, 3.63) is 102 Å². The summed E-state index contributed by atoms with van der Waals surface area (Å²) in [4.78, 5) is 12.4. The van der Waals surface area contributed by atoms with Gasteiger partial charge < -0.3 is 9.47 Å². The summed E-state index contributed by atoms with van der Waals surface area (Å²) in [6.07, 6.45) is 0.846. The summed E-state index contributed by atoms with van der Waals surface area (Å²) in [6, 6.07) is 26.7. The predicted octanol–water partition coefficient (Wildman–Crippen LogP) is 4.10. The number of carbonyl (C=O) groups excluding carboxylic acids is 1. The smallest absolute Gasteiger partial charge is 0.273 e. The number of hydrogen-bond acceptors (Lipinski definition) is 4. The summed E-state index contributed by atoms with van der Waals surface area (Å²) < 4.78 is 11.2. The van der Waals surface area contributed by atoms with Crippen molar-refractivity contribution in [1.29, 1.82) is 0 Å². The van der Waals surface area contributed by atoms with Gasteiger partial charge in [-0.05, 0) is 23.3 Å². The SMILES string of the molecule is COC(C(=O)NN=Cc1ccccc1OCc1ccccc1)c1ccccc1. The van der Waals surface area contributed by atoms with Gasteiger partial charge in [0, 0.05) is 12.7 Å². The first kappa shape index (κ1) is 19.3. The summed E-state index contributed by atoms with van der Waals surface area (Å²) in [6.45, 7) is 0.456. The summed E-state index contributed by atoms with van der Waals surface area (Å²) in [5, 5.41) is 4.07. The van der Waals surface area contributed by atoms with Gasteiger partial charge in [-0.15, -0.1) is 0 Å². The molecule has 0 saturated heterocycles. The molecule has 0 aliphatic rings. The Bertz CT molecular complexity index is 911. The largest absolute Gasteiger partial charge is 0.488 e. The molecule has 5 nitrogen and oxygen atoms in total. The molecule has 3 rings (SSSR count). The second kappa shape index (κ2) is 10.0. The molecule has 0 spiro atoms. The van der Waals surface area contributed by atoms with E-state index in [1.165, 1.54) is 7.11 Å². The maximum atomic E-state index is 12.4. The number of methoxy groups -OCH3 is 1. The third kappa shape index (κ3) is 5.28.